The lowest BCUT2D eigenvalue weighted by molar-refractivity contribution is 1.02. The van der Waals surface area contributed by atoms with Gasteiger partial charge in [-0.25, -0.2) is 0 Å². The molecule has 0 unspecified atom stereocenters. The highest BCUT2D eigenvalue weighted by atomic mass is 15.1. The lowest BCUT2D eigenvalue weighted by Crippen LogP contribution is -2.02. The number of nitriles is 1. The van der Waals surface area contributed by atoms with Crippen LogP contribution < -0.4 is 5.32 Å². The van der Waals surface area contributed by atoms with Crippen LogP contribution in [0.5, 0.6) is 0 Å². The van der Waals surface area contributed by atoms with Crippen LogP contribution >= 0.6 is 0 Å². The lowest BCUT2D eigenvalue weighted by atomic mass is 10.1. The van der Waals surface area contributed by atoms with E-state index in [-0.39, 0.29) is 0 Å². The van der Waals surface area contributed by atoms with Gasteiger partial charge in [0.2, 0.25) is 0 Å². The Morgan fingerprint density at radius 2 is 2.12 bits per heavy atom. The average molecular weight is 226 g/mol. The van der Waals surface area contributed by atoms with E-state index in [9.17, 15) is 0 Å². The zero-order valence-corrected chi connectivity index (χ0v) is 9.91. The van der Waals surface area contributed by atoms with E-state index in [1.165, 1.54) is 0 Å². The van der Waals surface area contributed by atoms with Crippen molar-refractivity contribution in [3.05, 3.63) is 46.8 Å². The van der Waals surface area contributed by atoms with E-state index in [0.717, 1.165) is 22.6 Å². The zero-order valence-electron chi connectivity index (χ0n) is 9.91. The number of hydrogen-bond donors (Lipinski definition) is 2. The summed E-state index contributed by atoms with van der Waals surface area (Å²) in [7, 11) is 0. The van der Waals surface area contributed by atoms with E-state index in [1.54, 1.807) is 0 Å². The molecule has 0 amide bonds. The Morgan fingerprint density at radius 1 is 1.35 bits per heavy atom. The number of aromatic nitrogens is 2. The molecule has 0 saturated heterocycles. The van der Waals surface area contributed by atoms with Crippen LogP contribution in [-0.2, 0) is 6.54 Å². The van der Waals surface area contributed by atoms with Crippen molar-refractivity contribution in [1.82, 2.24) is 10.2 Å². The Kier molecular flexibility index (Phi) is 3.10. The van der Waals surface area contributed by atoms with Gasteiger partial charge in [-0.2, -0.15) is 10.4 Å². The van der Waals surface area contributed by atoms with Crippen molar-refractivity contribution in [3.8, 4) is 6.07 Å². The van der Waals surface area contributed by atoms with Gasteiger partial charge in [-0.05, 0) is 25.5 Å². The highest BCUT2D eigenvalue weighted by Crippen LogP contribution is 2.18. The molecule has 1 aromatic carbocycles. The molecule has 0 bridgehead atoms. The minimum atomic E-state index is 0.630. The summed E-state index contributed by atoms with van der Waals surface area (Å²) in [5.41, 5.74) is 4.67. The van der Waals surface area contributed by atoms with Crippen LogP contribution in [0, 0.1) is 25.2 Å². The summed E-state index contributed by atoms with van der Waals surface area (Å²) in [4.78, 5) is 0. The normalized spacial score (nSPS) is 9.94. The third-order valence-corrected chi connectivity index (χ3v) is 2.72. The minimum absolute atomic E-state index is 0.630. The number of benzene rings is 1. The first kappa shape index (κ1) is 11.2. The standard InChI is InChI=1S/C13H14N4/c1-9-13(10(2)17-16-9)15-8-12-6-4-3-5-11(12)7-14/h3-6,15H,8H2,1-2H3,(H,16,17). The SMILES string of the molecule is Cc1n[nH]c(C)c1NCc1ccccc1C#N. The average Bonchev–Trinajstić information content (AvgIpc) is 2.67. The molecule has 0 aliphatic heterocycles. The first-order valence-corrected chi connectivity index (χ1v) is 5.46. The number of anilines is 1. The number of rotatable bonds is 3. The summed E-state index contributed by atoms with van der Waals surface area (Å²) in [6.45, 7) is 4.55. The van der Waals surface area contributed by atoms with Crippen LogP contribution in [0.2, 0.25) is 0 Å². The van der Waals surface area contributed by atoms with Gasteiger partial charge in [-0.3, -0.25) is 5.10 Å². The topological polar surface area (TPSA) is 64.5 Å². The zero-order chi connectivity index (χ0) is 12.3. The Morgan fingerprint density at radius 3 is 2.76 bits per heavy atom. The summed E-state index contributed by atoms with van der Waals surface area (Å²) in [5, 5.41) is 19.3. The smallest absolute Gasteiger partial charge is 0.0995 e. The van der Waals surface area contributed by atoms with Gasteiger partial charge in [-0.15, -0.1) is 0 Å². The molecule has 0 saturated carbocycles. The highest BCUT2D eigenvalue weighted by molar-refractivity contribution is 5.52. The number of H-pyrrole nitrogens is 1. The van der Waals surface area contributed by atoms with Crippen LogP contribution in [-0.4, -0.2) is 10.2 Å². The first-order chi connectivity index (χ1) is 8.22. The molecule has 17 heavy (non-hydrogen) atoms. The van der Waals surface area contributed by atoms with E-state index in [4.69, 9.17) is 5.26 Å². The lowest BCUT2D eigenvalue weighted by Gasteiger charge is -2.07. The van der Waals surface area contributed by atoms with E-state index in [2.05, 4.69) is 21.6 Å². The quantitative estimate of drug-likeness (QED) is 0.845. The molecule has 0 aliphatic rings. The van der Waals surface area contributed by atoms with Crippen molar-refractivity contribution in [2.45, 2.75) is 20.4 Å². The predicted molar refractivity (Wildman–Crippen MR) is 66.5 cm³/mol. The second-order valence-electron chi connectivity index (χ2n) is 3.93. The van der Waals surface area contributed by atoms with Crippen molar-refractivity contribution in [2.24, 2.45) is 0 Å². The van der Waals surface area contributed by atoms with Gasteiger partial charge in [0.05, 0.1) is 28.7 Å². The molecular formula is C13H14N4. The van der Waals surface area contributed by atoms with Crippen LogP contribution in [0.1, 0.15) is 22.5 Å². The van der Waals surface area contributed by atoms with Gasteiger partial charge < -0.3 is 5.32 Å². The Labute approximate surface area is 100 Å². The fourth-order valence-corrected chi connectivity index (χ4v) is 1.78. The molecule has 0 fully saturated rings. The van der Waals surface area contributed by atoms with Gasteiger partial charge in [0.25, 0.3) is 0 Å². The molecule has 1 heterocycles. The minimum Gasteiger partial charge on any atom is -0.378 e. The maximum Gasteiger partial charge on any atom is 0.0995 e. The van der Waals surface area contributed by atoms with Gasteiger partial charge >= 0.3 is 0 Å². The monoisotopic (exact) mass is 226 g/mol. The van der Waals surface area contributed by atoms with Crippen LogP contribution in [0.15, 0.2) is 24.3 Å². The van der Waals surface area contributed by atoms with E-state index in [0.29, 0.717) is 12.1 Å². The second kappa shape index (κ2) is 4.71. The number of nitrogens with zero attached hydrogens (tertiary/aromatic N) is 2. The molecule has 0 spiro atoms. The number of aromatic amines is 1. The Bertz CT molecular complexity index is 544. The molecule has 1 aromatic heterocycles. The Hall–Kier alpha value is -2.28. The molecule has 0 aliphatic carbocycles. The molecule has 2 aromatic rings. The third-order valence-electron chi connectivity index (χ3n) is 2.72. The number of aryl methyl sites for hydroxylation is 2. The largest absolute Gasteiger partial charge is 0.378 e. The van der Waals surface area contributed by atoms with E-state index < -0.39 is 0 Å². The highest BCUT2D eigenvalue weighted by Gasteiger charge is 2.06. The maximum atomic E-state index is 8.99. The molecular weight excluding hydrogens is 212 g/mol. The molecule has 0 radical (unpaired) electrons. The molecule has 4 heteroatoms. The summed E-state index contributed by atoms with van der Waals surface area (Å²) < 4.78 is 0. The van der Waals surface area contributed by atoms with Crippen LogP contribution in [0.3, 0.4) is 0 Å². The summed E-state index contributed by atoms with van der Waals surface area (Å²) in [6, 6.07) is 9.78. The second-order valence-corrected chi connectivity index (χ2v) is 3.93. The van der Waals surface area contributed by atoms with Gasteiger partial charge in [-0.1, -0.05) is 18.2 Å². The first-order valence-electron chi connectivity index (χ1n) is 5.46. The van der Waals surface area contributed by atoms with Crippen molar-refractivity contribution in [1.29, 1.82) is 5.26 Å². The van der Waals surface area contributed by atoms with Crippen molar-refractivity contribution < 1.29 is 0 Å². The van der Waals surface area contributed by atoms with Crippen molar-refractivity contribution >= 4 is 5.69 Å². The molecule has 86 valence electrons. The number of hydrogen-bond acceptors (Lipinski definition) is 3. The molecule has 2 N–H and O–H groups in total. The van der Waals surface area contributed by atoms with Crippen LogP contribution in [0.4, 0.5) is 5.69 Å². The molecule has 2 rings (SSSR count). The van der Waals surface area contributed by atoms with E-state index in [1.807, 2.05) is 38.1 Å². The summed E-state index contributed by atoms with van der Waals surface area (Å²) in [5.74, 6) is 0. The van der Waals surface area contributed by atoms with Crippen molar-refractivity contribution in [2.75, 3.05) is 5.32 Å². The van der Waals surface area contributed by atoms with E-state index >= 15 is 0 Å². The molecule has 0 atom stereocenters. The molecule has 4 nitrogen and oxygen atoms in total. The number of nitrogens with one attached hydrogen (secondary N) is 2. The maximum absolute atomic E-state index is 8.99. The van der Waals surface area contributed by atoms with Gasteiger partial charge in [0.15, 0.2) is 0 Å². The fourth-order valence-electron chi connectivity index (χ4n) is 1.78. The van der Waals surface area contributed by atoms with Crippen LogP contribution in [0.25, 0.3) is 0 Å². The third kappa shape index (κ3) is 2.28. The predicted octanol–water partition coefficient (Wildman–Crippen LogP) is 2.51. The van der Waals surface area contributed by atoms with Gasteiger partial charge in [0.1, 0.15) is 0 Å². The fraction of sp³-hybridized carbons (Fsp3) is 0.231. The van der Waals surface area contributed by atoms with Crippen molar-refractivity contribution in [3.63, 3.8) is 0 Å². The Balaban J connectivity index is 2.16. The van der Waals surface area contributed by atoms with Gasteiger partial charge in [0, 0.05) is 6.54 Å². The summed E-state index contributed by atoms with van der Waals surface area (Å²) in [6.07, 6.45) is 0. The summed E-state index contributed by atoms with van der Waals surface area (Å²) >= 11 is 0.